The van der Waals surface area contributed by atoms with Crippen molar-refractivity contribution in [3.8, 4) is 0 Å². The van der Waals surface area contributed by atoms with Crippen molar-refractivity contribution in [2.75, 3.05) is 18.9 Å². The number of hydrogen-bond donors (Lipinski definition) is 1. The van der Waals surface area contributed by atoms with E-state index < -0.39 is 10.0 Å². The van der Waals surface area contributed by atoms with E-state index in [4.69, 9.17) is 10.5 Å². The highest BCUT2D eigenvalue weighted by atomic mass is 32.2. The minimum atomic E-state index is -3.62. The lowest BCUT2D eigenvalue weighted by Gasteiger charge is -2.37. The zero-order valence-corrected chi connectivity index (χ0v) is 11.9. The molecule has 1 aliphatic heterocycles. The highest BCUT2D eigenvalue weighted by molar-refractivity contribution is 7.89. The number of morpholine rings is 1. The molecule has 2 atom stereocenters. The summed E-state index contributed by atoms with van der Waals surface area (Å²) in [7, 11) is -3.62. The predicted molar refractivity (Wildman–Crippen MR) is 72.0 cm³/mol. The average Bonchev–Trinajstić information content (AvgIpc) is 2.39. The Kier molecular flexibility index (Phi) is 4.07. The van der Waals surface area contributed by atoms with Crippen molar-refractivity contribution in [2.45, 2.75) is 37.3 Å². The van der Waals surface area contributed by atoms with Gasteiger partial charge in [-0.1, -0.05) is 6.92 Å². The lowest BCUT2D eigenvalue weighted by Crippen LogP contribution is -2.51. The summed E-state index contributed by atoms with van der Waals surface area (Å²) in [5.41, 5.74) is 5.69. The summed E-state index contributed by atoms with van der Waals surface area (Å²) in [4.78, 5) is 3.92. The van der Waals surface area contributed by atoms with Crippen molar-refractivity contribution in [1.82, 2.24) is 9.29 Å². The largest absolute Gasteiger partial charge is 0.383 e. The number of nitrogen functional groups attached to an aromatic ring is 1. The monoisotopic (exact) mass is 285 g/mol. The topological polar surface area (TPSA) is 85.5 Å². The number of pyridine rings is 1. The van der Waals surface area contributed by atoms with Crippen molar-refractivity contribution >= 4 is 15.8 Å². The van der Waals surface area contributed by atoms with E-state index in [1.807, 2.05) is 13.8 Å². The van der Waals surface area contributed by atoms with Crippen LogP contribution < -0.4 is 5.73 Å². The minimum absolute atomic E-state index is 0.0384. The van der Waals surface area contributed by atoms with Crippen LogP contribution in [-0.4, -0.2) is 43.0 Å². The van der Waals surface area contributed by atoms with E-state index in [0.717, 1.165) is 0 Å². The molecule has 2 unspecified atom stereocenters. The van der Waals surface area contributed by atoms with E-state index in [1.165, 1.54) is 16.6 Å². The molecule has 6 nitrogen and oxygen atoms in total. The van der Waals surface area contributed by atoms with Crippen LogP contribution in [0.1, 0.15) is 20.3 Å². The standard InChI is InChI=1S/C12H19N3O3S/c1-3-10-8-18-9(2)7-15(10)19(16,17)11-5-4-6-14-12(11)13/h4-6,9-10H,3,7-8H2,1-2H3,(H2,13,14). The van der Waals surface area contributed by atoms with Crippen LogP contribution in [0.25, 0.3) is 0 Å². The van der Waals surface area contributed by atoms with Crippen LogP contribution in [0.3, 0.4) is 0 Å². The Morgan fingerprint density at radius 3 is 2.95 bits per heavy atom. The van der Waals surface area contributed by atoms with Gasteiger partial charge in [0.05, 0.1) is 12.7 Å². The van der Waals surface area contributed by atoms with E-state index in [2.05, 4.69) is 4.98 Å². The van der Waals surface area contributed by atoms with Gasteiger partial charge in [-0.3, -0.25) is 0 Å². The first-order chi connectivity index (χ1) is 8.96. The van der Waals surface area contributed by atoms with Crippen LogP contribution in [-0.2, 0) is 14.8 Å². The molecule has 0 radical (unpaired) electrons. The van der Waals surface area contributed by atoms with Gasteiger partial charge >= 0.3 is 0 Å². The molecular weight excluding hydrogens is 266 g/mol. The highest BCUT2D eigenvalue weighted by Crippen LogP contribution is 2.26. The summed E-state index contributed by atoms with van der Waals surface area (Å²) in [6.07, 6.45) is 2.06. The molecule has 1 aromatic rings. The van der Waals surface area contributed by atoms with E-state index >= 15 is 0 Å². The molecule has 7 heteroatoms. The number of anilines is 1. The third-order valence-corrected chi connectivity index (χ3v) is 5.24. The van der Waals surface area contributed by atoms with Crippen LogP contribution in [0.2, 0.25) is 0 Å². The maximum Gasteiger partial charge on any atom is 0.247 e. The fourth-order valence-corrected chi connectivity index (χ4v) is 4.01. The summed E-state index contributed by atoms with van der Waals surface area (Å²) in [6, 6.07) is 2.92. The Balaban J connectivity index is 2.40. The Labute approximate surface area is 113 Å². The Morgan fingerprint density at radius 2 is 2.32 bits per heavy atom. The van der Waals surface area contributed by atoms with Crippen LogP contribution in [0.4, 0.5) is 5.82 Å². The SMILES string of the molecule is CCC1COC(C)CN1S(=O)(=O)c1cccnc1N. The molecule has 1 aliphatic rings. The molecule has 2 rings (SSSR count). The van der Waals surface area contributed by atoms with Gasteiger partial charge in [-0.15, -0.1) is 0 Å². The van der Waals surface area contributed by atoms with Crippen LogP contribution in [0, 0.1) is 0 Å². The fourth-order valence-electron chi connectivity index (χ4n) is 2.18. The maximum atomic E-state index is 12.7. The molecule has 0 bridgehead atoms. The fraction of sp³-hybridized carbons (Fsp3) is 0.583. The zero-order valence-electron chi connectivity index (χ0n) is 11.1. The number of ether oxygens (including phenoxy) is 1. The second-order valence-electron chi connectivity index (χ2n) is 4.67. The lowest BCUT2D eigenvalue weighted by molar-refractivity contribution is -0.0230. The normalized spacial score (nSPS) is 25.4. The van der Waals surface area contributed by atoms with Gasteiger partial charge in [0.15, 0.2) is 0 Å². The molecule has 0 saturated carbocycles. The number of aromatic nitrogens is 1. The van der Waals surface area contributed by atoms with E-state index in [0.29, 0.717) is 19.6 Å². The smallest absolute Gasteiger partial charge is 0.247 e. The first kappa shape index (κ1) is 14.2. The van der Waals surface area contributed by atoms with Gasteiger partial charge in [0.1, 0.15) is 10.7 Å². The molecule has 2 heterocycles. The first-order valence-electron chi connectivity index (χ1n) is 6.30. The van der Waals surface area contributed by atoms with Crippen molar-refractivity contribution in [3.05, 3.63) is 18.3 Å². The minimum Gasteiger partial charge on any atom is -0.383 e. The molecule has 0 amide bonds. The summed E-state index contributed by atoms with van der Waals surface area (Å²) in [5.74, 6) is 0.0384. The van der Waals surface area contributed by atoms with Gasteiger partial charge in [0, 0.05) is 18.8 Å². The number of nitrogens with two attached hydrogens (primary N) is 1. The Morgan fingerprint density at radius 1 is 1.58 bits per heavy atom. The van der Waals surface area contributed by atoms with Crippen LogP contribution in [0.5, 0.6) is 0 Å². The van der Waals surface area contributed by atoms with Gasteiger partial charge in [-0.2, -0.15) is 4.31 Å². The average molecular weight is 285 g/mol. The molecule has 0 aromatic carbocycles. The molecule has 106 valence electrons. The Hall–Kier alpha value is -1.18. The third-order valence-electron chi connectivity index (χ3n) is 3.28. The van der Waals surface area contributed by atoms with Crippen molar-refractivity contribution in [1.29, 1.82) is 0 Å². The highest BCUT2D eigenvalue weighted by Gasteiger charge is 2.36. The van der Waals surface area contributed by atoms with Crippen LogP contribution in [0.15, 0.2) is 23.2 Å². The van der Waals surface area contributed by atoms with Crippen molar-refractivity contribution in [3.63, 3.8) is 0 Å². The summed E-state index contributed by atoms with van der Waals surface area (Å²) in [6.45, 7) is 4.56. The summed E-state index contributed by atoms with van der Waals surface area (Å²) in [5, 5.41) is 0. The van der Waals surface area contributed by atoms with Gasteiger partial charge < -0.3 is 10.5 Å². The van der Waals surface area contributed by atoms with Crippen molar-refractivity contribution in [2.24, 2.45) is 0 Å². The molecule has 1 aromatic heterocycles. The van der Waals surface area contributed by atoms with Gasteiger partial charge in [-0.25, -0.2) is 13.4 Å². The molecule has 0 aliphatic carbocycles. The predicted octanol–water partition coefficient (Wildman–Crippen LogP) is 0.852. The quantitative estimate of drug-likeness (QED) is 0.890. The number of nitrogens with zero attached hydrogens (tertiary/aromatic N) is 2. The molecule has 0 spiro atoms. The molecule has 1 fully saturated rings. The van der Waals surface area contributed by atoms with Crippen LogP contribution >= 0.6 is 0 Å². The van der Waals surface area contributed by atoms with Gasteiger partial charge in [0.25, 0.3) is 0 Å². The van der Waals surface area contributed by atoms with E-state index in [1.54, 1.807) is 6.07 Å². The molecular formula is C12H19N3O3S. The second-order valence-corrected chi connectivity index (χ2v) is 6.53. The number of rotatable bonds is 3. The lowest BCUT2D eigenvalue weighted by atomic mass is 10.2. The summed E-state index contributed by atoms with van der Waals surface area (Å²) < 4.78 is 32.3. The summed E-state index contributed by atoms with van der Waals surface area (Å²) >= 11 is 0. The van der Waals surface area contributed by atoms with Gasteiger partial charge in [0.2, 0.25) is 10.0 Å². The Bertz CT molecular complexity index is 547. The van der Waals surface area contributed by atoms with E-state index in [9.17, 15) is 8.42 Å². The van der Waals surface area contributed by atoms with Crippen molar-refractivity contribution < 1.29 is 13.2 Å². The third kappa shape index (κ3) is 2.72. The second kappa shape index (κ2) is 5.44. The zero-order chi connectivity index (χ0) is 14.0. The van der Waals surface area contributed by atoms with E-state index in [-0.39, 0.29) is 22.9 Å². The van der Waals surface area contributed by atoms with Gasteiger partial charge in [-0.05, 0) is 25.5 Å². The molecule has 1 saturated heterocycles. The first-order valence-corrected chi connectivity index (χ1v) is 7.74. The maximum absolute atomic E-state index is 12.7. The molecule has 19 heavy (non-hydrogen) atoms. The number of hydrogen-bond acceptors (Lipinski definition) is 5. The molecule has 2 N–H and O–H groups in total. The number of sulfonamides is 1.